The Morgan fingerprint density at radius 3 is 0.718 bits per heavy atom. The lowest BCUT2D eigenvalue weighted by molar-refractivity contribution is -0.211. The molecule has 0 N–H and O–H groups in total. The van der Waals surface area contributed by atoms with Gasteiger partial charge in [0.05, 0.1) is 31.3 Å². The summed E-state index contributed by atoms with van der Waals surface area (Å²) in [5.74, 6) is 0. The van der Waals surface area contributed by atoms with Crippen molar-refractivity contribution in [2.45, 2.75) is 196 Å². The highest BCUT2D eigenvalue weighted by molar-refractivity contribution is 7.13. The molecule has 0 aliphatic carbocycles. The molecule has 0 saturated carbocycles. The van der Waals surface area contributed by atoms with Crippen LogP contribution < -0.4 is 0 Å². The maximum absolute atomic E-state index is 12.5. The smallest absolute Gasteiger partial charge is 0.250 e. The predicted octanol–water partition coefficient (Wildman–Crippen LogP) is 22.8. The van der Waals surface area contributed by atoms with Gasteiger partial charge in [0.2, 0.25) is 0 Å². The summed E-state index contributed by atoms with van der Waals surface area (Å²) in [7, 11) is 0. The van der Waals surface area contributed by atoms with Crippen molar-refractivity contribution < 1.29 is 39.5 Å². The summed E-state index contributed by atoms with van der Waals surface area (Å²) in [6.45, 7) is 39.1. The van der Waals surface area contributed by atoms with Crippen LogP contribution in [-0.2, 0) is 32.1 Å². The highest BCUT2D eigenvalue weighted by Gasteiger charge is 2.49. The Balaban J connectivity index is 0.000000461. The van der Waals surface area contributed by atoms with Crippen LogP contribution in [0.5, 0.6) is 0 Å². The summed E-state index contributed by atoms with van der Waals surface area (Å²) in [5, 5.41) is 3.12. The van der Waals surface area contributed by atoms with Gasteiger partial charge in [-0.3, -0.25) is 0 Å². The van der Waals surface area contributed by atoms with E-state index in [2.05, 4.69) is 115 Å². The monoisotopic (exact) mass is 1230 g/mol. The third kappa shape index (κ3) is 30.2. The van der Waals surface area contributed by atoms with E-state index in [4.69, 9.17) is 0 Å². The fourth-order valence-electron chi connectivity index (χ4n) is 6.39. The van der Waals surface area contributed by atoms with Gasteiger partial charge >= 0.3 is 18.5 Å². The second kappa shape index (κ2) is 30.9. The van der Waals surface area contributed by atoms with Gasteiger partial charge in [-0.25, -0.2) is 15.0 Å². The normalized spacial score (nSPS) is 12.2. The number of aromatic nitrogens is 3. The number of thiophene rings is 4. The minimum absolute atomic E-state index is 0.00199. The van der Waals surface area contributed by atoms with Crippen molar-refractivity contribution in [2.24, 2.45) is 27.1 Å². The van der Waals surface area contributed by atoms with E-state index < -0.39 is 34.8 Å². The van der Waals surface area contributed by atoms with Crippen LogP contribution in [-0.4, -0.2) is 33.5 Å². The molecule has 7 heterocycles. The lowest BCUT2D eigenvalue weighted by Crippen LogP contribution is -2.33. The van der Waals surface area contributed by atoms with Crippen LogP contribution in [0.4, 0.5) is 39.5 Å². The van der Waals surface area contributed by atoms with E-state index in [1.807, 2.05) is 68.0 Å². The Bertz CT molecular complexity index is 2480. The van der Waals surface area contributed by atoms with Gasteiger partial charge in [0, 0.05) is 72.2 Å². The Morgan fingerprint density at radius 2 is 0.526 bits per heavy atom. The van der Waals surface area contributed by atoms with Crippen molar-refractivity contribution in [3.63, 3.8) is 0 Å². The highest BCUT2D eigenvalue weighted by atomic mass is 32.1. The standard InChI is InChI=1S/2C10H13F3S.C10H16S.C9H12F3NS.C9H15NS.C6H8S.C5H7NS/c2*1-7-4-5-8(14-7)6-9(2,3)10(11,12)13;1-8-5-6-9(11-8)7-10(2,3)4;1-6-13-5-7(14-6)4-8(2,3)9(10,11)12;1-7-10-6-8(11-7)5-9(2,3)4;1-5-3-4-6(2)7-5;1-4-3-6-5(2)7-4/h2*4-5H,6H2,1-3H3;5-6H,7H2,1-4H3;5H,4H2,1-3H3;6H,5H2,1-4H3;3-4H,1-2H3;3H,1-2H3. The molecule has 3 nitrogen and oxygen atoms in total. The molecule has 440 valence electrons. The fraction of sp³-hybridized carbons (Fsp3) is 0.576. The SMILES string of the molecule is Cc1ccc(C)s1.Cc1ccc(CC(C)(C)C(F)(F)F)s1.Cc1ccc(CC(C)(C)C(F)(F)F)s1.Cc1ccc(CC(C)(C)C)s1.Cc1cnc(C)s1.Cc1ncc(CC(C)(C)C(F)(F)F)s1.Cc1ncc(CC(C)(C)C)s1. The van der Waals surface area contributed by atoms with Crippen LogP contribution >= 0.6 is 79.4 Å². The van der Waals surface area contributed by atoms with Crippen LogP contribution in [0, 0.1) is 89.4 Å². The lowest BCUT2D eigenvalue weighted by atomic mass is 9.88. The van der Waals surface area contributed by atoms with Crippen molar-refractivity contribution in [2.75, 3.05) is 0 Å². The molecular formula is C59H84F9N3S7. The molecule has 7 rings (SSSR count). The molecule has 0 unspecified atom stereocenters. The summed E-state index contributed by atoms with van der Waals surface area (Å²) in [5.41, 5.74) is -4.13. The molecule has 0 amide bonds. The zero-order valence-electron chi connectivity index (χ0n) is 49.5. The Labute approximate surface area is 489 Å². The number of nitrogens with zero attached hydrogens (tertiary/aromatic N) is 3. The molecule has 19 heteroatoms. The number of alkyl halides is 9. The molecule has 0 aliphatic rings. The van der Waals surface area contributed by atoms with E-state index in [1.54, 1.807) is 41.7 Å². The number of aryl methyl sites for hydroxylation is 9. The van der Waals surface area contributed by atoms with E-state index in [0.717, 1.165) is 35.9 Å². The zero-order valence-corrected chi connectivity index (χ0v) is 55.2. The molecule has 7 aromatic rings. The average molecular weight is 1230 g/mol. The first kappa shape index (κ1) is 73.1. The lowest BCUT2D eigenvalue weighted by Gasteiger charge is -2.26. The third-order valence-corrected chi connectivity index (χ3v) is 17.5. The summed E-state index contributed by atoms with van der Waals surface area (Å²) in [4.78, 5) is 25.0. The molecule has 0 spiro atoms. The second-order valence-electron chi connectivity index (χ2n) is 23.5. The first-order valence-electron chi connectivity index (χ1n) is 25.3. The average Bonchev–Trinajstić information content (AvgIpc) is 4.14. The first-order valence-corrected chi connectivity index (χ1v) is 31.0. The van der Waals surface area contributed by atoms with Crippen LogP contribution in [0.1, 0.15) is 152 Å². The van der Waals surface area contributed by atoms with Crippen molar-refractivity contribution in [1.82, 2.24) is 15.0 Å². The van der Waals surface area contributed by atoms with Crippen molar-refractivity contribution >= 4 is 79.4 Å². The largest absolute Gasteiger partial charge is 0.394 e. The van der Waals surface area contributed by atoms with E-state index in [9.17, 15) is 39.5 Å². The van der Waals surface area contributed by atoms with E-state index in [1.165, 1.54) is 122 Å². The molecule has 0 radical (unpaired) electrons. The summed E-state index contributed by atoms with van der Waals surface area (Å²) in [6, 6.07) is 16.0. The number of rotatable bonds is 8. The van der Waals surface area contributed by atoms with Crippen LogP contribution in [0.2, 0.25) is 0 Å². The third-order valence-electron chi connectivity index (χ3n) is 10.9. The van der Waals surface area contributed by atoms with Gasteiger partial charge in [-0.1, -0.05) is 83.1 Å². The Kier molecular flexibility index (Phi) is 29.0. The molecule has 0 bridgehead atoms. The van der Waals surface area contributed by atoms with Gasteiger partial charge in [-0.05, 0) is 154 Å². The van der Waals surface area contributed by atoms with Gasteiger partial charge in [0.1, 0.15) is 0 Å². The molecular weight excluding hydrogens is 1150 g/mol. The van der Waals surface area contributed by atoms with Gasteiger partial charge in [-0.2, -0.15) is 39.5 Å². The maximum Gasteiger partial charge on any atom is 0.394 e. The van der Waals surface area contributed by atoms with Crippen molar-refractivity contribution in [1.29, 1.82) is 0 Å². The minimum Gasteiger partial charge on any atom is -0.250 e. The predicted molar refractivity (Wildman–Crippen MR) is 323 cm³/mol. The molecule has 78 heavy (non-hydrogen) atoms. The Hall–Kier alpha value is -2.94. The van der Waals surface area contributed by atoms with E-state index in [0.29, 0.717) is 15.7 Å². The molecule has 0 aromatic carbocycles. The molecule has 7 aromatic heterocycles. The zero-order chi connectivity index (χ0) is 60.5. The van der Waals surface area contributed by atoms with Crippen LogP contribution in [0.3, 0.4) is 0 Å². The van der Waals surface area contributed by atoms with Gasteiger partial charge in [0.15, 0.2) is 0 Å². The van der Waals surface area contributed by atoms with Gasteiger partial charge in [0.25, 0.3) is 0 Å². The Morgan fingerprint density at radius 1 is 0.282 bits per heavy atom. The van der Waals surface area contributed by atoms with Crippen LogP contribution in [0.25, 0.3) is 0 Å². The molecule has 0 aliphatic heterocycles. The quantitative estimate of drug-likeness (QED) is 0.142. The van der Waals surface area contributed by atoms with E-state index >= 15 is 0 Å². The van der Waals surface area contributed by atoms with Crippen molar-refractivity contribution in [3.8, 4) is 0 Å². The van der Waals surface area contributed by atoms with Crippen LogP contribution in [0.15, 0.2) is 67.1 Å². The first-order chi connectivity index (χ1) is 35.2. The second-order valence-corrected chi connectivity index (χ2v) is 33.2. The minimum atomic E-state index is -4.16. The highest BCUT2D eigenvalue weighted by Crippen LogP contribution is 2.43. The summed E-state index contributed by atoms with van der Waals surface area (Å²) < 4.78 is 113. The molecule has 0 atom stereocenters. The van der Waals surface area contributed by atoms with Crippen molar-refractivity contribution in [3.05, 3.63) is 136 Å². The number of thiazole rings is 3. The summed E-state index contributed by atoms with van der Waals surface area (Å²) in [6.07, 6.45) is -4.56. The summed E-state index contributed by atoms with van der Waals surface area (Å²) >= 11 is 11.5. The van der Waals surface area contributed by atoms with Gasteiger partial charge in [-0.15, -0.1) is 79.4 Å². The number of hydrogen-bond acceptors (Lipinski definition) is 10. The molecule has 0 saturated heterocycles. The molecule has 0 fully saturated rings. The van der Waals surface area contributed by atoms with Gasteiger partial charge < -0.3 is 0 Å². The number of halogens is 9. The fourth-order valence-corrected chi connectivity index (χ4v) is 13.4. The number of hydrogen-bond donors (Lipinski definition) is 0. The topological polar surface area (TPSA) is 38.7 Å². The maximum atomic E-state index is 12.5. The van der Waals surface area contributed by atoms with E-state index in [-0.39, 0.29) is 19.3 Å².